The van der Waals surface area contributed by atoms with Crippen molar-refractivity contribution in [3.63, 3.8) is 0 Å². The summed E-state index contributed by atoms with van der Waals surface area (Å²) in [7, 11) is 0. The van der Waals surface area contributed by atoms with Crippen molar-refractivity contribution in [1.29, 1.82) is 0 Å². The lowest BCUT2D eigenvalue weighted by atomic mass is 9.76. The highest BCUT2D eigenvalue weighted by Gasteiger charge is 2.39. The summed E-state index contributed by atoms with van der Waals surface area (Å²) in [6.45, 7) is 0. The zero-order valence-electron chi connectivity index (χ0n) is 25.6. The van der Waals surface area contributed by atoms with E-state index in [9.17, 15) is 8.78 Å². The predicted octanol–water partition coefficient (Wildman–Crippen LogP) is 9.83. The molecular formula is C41H36F2N2O. The third-order valence-corrected chi connectivity index (χ3v) is 9.33. The molecule has 0 radical (unpaired) electrons. The predicted molar refractivity (Wildman–Crippen MR) is 178 cm³/mol. The average Bonchev–Trinajstić information content (AvgIpc) is 3.61. The monoisotopic (exact) mass is 610 g/mol. The number of hydrogen-bond donors (Lipinski definition) is 0. The van der Waals surface area contributed by atoms with E-state index in [1.54, 1.807) is 24.3 Å². The highest BCUT2D eigenvalue weighted by molar-refractivity contribution is 5.50. The quantitative estimate of drug-likeness (QED) is 0.152. The number of aromatic nitrogens is 2. The van der Waals surface area contributed by atoms with Crippen LogP contribution in [0.25, 0.3) is 0 Å². The van der Waals surface area contributed by atoms with Crippen molar-refractivity contribution < 1.29 is 13.5 Å². The van der Waals surface area contributed by atoms with Crippen molar-refractivity contribution in [1.82, 2.24) is 9.55 Å². The molecule has 0 bridgehead atoms. The van der Waals surface area contributed by atoms with Crippen molar-refractivity contribution >= 4 is 0 Å². The van der Waals surface area contributed by atoms with Gasteiger partial charge in [0.25, 0.3) is 0 Å². The number of halogens is 2. The van der Waals surface area contributed by atoms with Gasteiger partial charge in [0, 0.05) is 12.1 Å². The van der Waals surface area contributed by atoms with Gasteiger partial charge >= 0.3 is 0 Å². The van der Waals surface area contributed by atoms with E-state index < -0.39 is 11.6 Å². The van der Waals surface area contributed by atoms with E-state index in [1.165, 1.54) is 41.0 Å². The zero-order chi connectivity index (χ0) is 31.3. The van der Waals surface area contributed by atoms with E-state index in [2.05, 4.69) is 102 Å². The van der Waals surface area contributed by atoms with Crippen LogP contribution in [0.3, 0.4) is 0 Å². The molecule has 0 aliphatic heterocycles. The van der Waals surface area contributed by atoms with Crippen LogP contribution in [0, 0.1) is 11.6 Å². The summed E-state index contributed by atoms with van der Waals surface area (Å²) in [4.78, 5) is 5.03. The SMILES string of the molecule is Fc1ccc(C(OC2CCC(c3cn(C(c4ccccc4)(c4ccccc4)c4ccccc4)cn3)CC2)c2ccc(F)cc2)cc1. The van der Waals surface area contributed by atoms with Crippen molar-refractivity contribution in [2.24, 2.45) is 0 Å². The second-order valence-electron chi connectivity index (χ2n) is 12.1. The first kappa shape index (κ1) is 29.8. The highest BCUT2D eigenvalue weighted by Crippen LogP contribution is 2.43. The van der Waals surface area contributed by atoms with Crippen LogP contribution >= 0.6 is 0 Å². The first-order valence-corrected chi connectivity index (χ1v) is 16.0. The molecule has 0 amide bonds. The Bertz CT molecular complexity index is 1690. The third-order valence-electron chi connectivity index (χ3n) is 9.33. The maximum absolute atomic E-state index is 13.7. The van der Waals surface area contributed by atoms with E-state index in [4.69, 9.17) is 9.72 Å². The second-order valence-corrected chi connectivity index (χ2v) is 12.1. The first-order chi connectivity index (χ1) is 22.6. The molecular weight excluding hydrogens is 574 g/mol. The van der Waals surface area contributed by atoms with Gasteiger partial charge in [-0.1, -0.05) is 115 Å². The maximum atomic E-state index is 13.7. The summed E-state index contributed by atoms with van der Waals surface area (Å²) in [5.41, 5.74) is 5.70. The number of ether oxygens (including phenoxy) is 1. The van der Waals surface area contributed by atoms with E-state index >= 15 is 0 Å². The van der Waals surface area contributed by atoms with E-state index in [0.29, 0.717) is 5.92 Å². The molecule has 1 heterocycles. The molecule has 5 aromatic carbocycles. The lowest BCUT2D eigenvalue weighted by Gasteiger charge is -2.37. The molecule has 0 atom stereocenters. The Morgan fingerprint density at radius 2 is 1.02 bits per heavy atom. The van der Waals surface area contributed by atoms with Gasteiger partial charge in [-0.3, -0.25) is 0 Å². The molecule has 0 unspecified atom stereocenters. The molecule has 0 N–H and O–H groups in total. The van der Waals surface area contributed by atoms with Gasteiger partial charge in [-0.2, -0.15) is 0 Å². The molecule has 7 rings (SSSR count). The van der Waals surface area contributed by atoms with Gasteiger partial charge in [-0.15, -0.1) is 0 Å². The lowest BCUT2D eigenvalue weighted by Crippen LogP contribution is -2.37. The summed E-state index contributed by atoms with van der Waals surface area (Å²) in [6.07, 6.45) is 7.48. The van der Waals surface area contributed by atoms with Gasteiger partial charge < -0.3 is 9.30 Å². The molecule has 1 aliphatic rings. The van der Waals surface area contributed by atoms with Crippen molar-refractivity contribution in [3.8, 4) is 0 Å². The Hall–Kier alpha value is -4.87. The standard InChI is InChI=1S/C41H36F2N2O/c42-36-22-16-31(17-23-36)40(32-18-24-37(43)25-19-32)46-38-26-20-30(21-27-38)39-28-45(29-44-39)41(33-10-4-1-5-11-33,34-12-6-2-7-13-34)35-14-8-3-9-15-35/h1-19,22-25,28-30,38,40H,20-21,26-27H2. The van der Waals surface area contributed by atoms with Gasteiger partial charge in [-0.05, 0) is 77.8 Å². The van der Waals surface area contributed by atoms with Crippen LogP contribution in [0.1, 0.15) is 71.2 Å². The third kappa shape index (κ3) is 5.91. The summed E-state index contributed by atoms with van der Waals surface area (Å²) < 4.78 is 36.4. The number of benzene rings is 5. The Morgan fingerprint density at radius 1 is 0.587 bits per heavy atom. The number of imidazole rings is 1. The number of nitrogens with zero attached hydrogens (tertiary/aromatic N) is 2. The Balaban J connectivity index is 1.16. The smallest absolute Gasteiger partial charge is 0.123 e. The molecule has 6 aromatic rings. The van der Waals surface area contributed by atoms with Crippen LogP contribution in [0.2, 0.25) is 0 Å². The average molecular weight is 611 g/mol. The Labute approximate surface area is 269 Å². The molecule has 1 saturated carbocycles. The van der Waals surface area contributed by atoms with Crippen molar-refractivity contribution in [2.45, 2.75) is 49.3 Å². The molecule has 230 valence electrons. The highest BCUT2D eigenvalue weighted by atomic mass is 19.1. The Morgan fingerprint density at radius 3 is 1.46 bits per heavy atom. The summed E-state index contributed by atoms with van der Waals surface area (Å²) >= 11 is 0. The fraction of sp³-hybridized carbons (Fsp3) is 0.195. The van der Waals surface area contributed by atoms with Crippen LogP contribution in [0.15, 0.2) is 152 Å². The minimum atomic E-state index is -0.590. The van der Waals surface area contributed by atoms with Gasteiger partial charge in [-0.25, -0.2) is 13.8 Å². The molecule has 1 fully saturated rings. The van der Waals surface area contributed by atoms with Crippen LogP contribution in [0.5, 0.6) is 0 Å². The summed E-state index contributed by atoms with van der Waals surface area (Å²) in [5, 5.41) is 0. The maximum Gasteiger partial charge on any atom is 0.123 e. The van der Waals surface area contributed by atoms with Gasteiger partial charge in [0.05, 0.1) is 18.1 Å². The van der Waals surface area contributed by atoms with E-state index in [0.717, 1.165) is 42.5 Å². The van der Waals surface area contributed by atoms with Crippen LogP contribution in [-0.2, 0) is 10.3 Å². The van der Waals surface area contributed by atoms with Crippen LogP contribution in [-0.4, -0.2) is 15.7 Å². The lowest BCUT2D eigenvalue weighted by molar-refractivity contribution is -0.0149. The number of rotatable bonds is 9. The fourth-order valence-corrected chi connectivity index (χ4v) is 7.03. The molecule has 5 heteroatoms. The van der Waals surface area contributed by atoms with Crippen LogP contribution < -0.4 is 0 Å². The van der Waals surface area contributed by atoms with Crippen molar-refractivity contribution in [3.05, 3.63) is 197 Å². The molecule has 0 saturated heterocycles. The molecule has 3 nitrogen and oxygen atoms in total. The molecule has 0 spiro atoms. The molecule has 46 heavy (non-hydrogen) atoms. The van der Waals surface area contributed by atoms with Crippen LogP contribution in [0.4, 0.5) is 8.78 Å². The summed E-state index contributed by atoms with van der Waals surface area (Å²) in [6, 6.07) is 44.7. The zero-order valence-corrected chi connectivity index (χ0v) is 25.6. The Kier molecular flexibility index (Phi) is 8.58. The number of hydrogen-bond acceptors (Lipinski definition) is 2. The molecule has 1 aliphatic carbocycles. The summed E-state index contributed by atoms with van der Waals surface area (Å²) in [5.74, 6) is -0.286. The van der Waals surface area contributed by atoms with Gasteiger partial charge in [0.15, 0.2) is 0 Å². The van der Waals surface area contributed by atoms with E-state index in [-0.39, 0.29) is 17.7 Å². The van der Waals surface area contributed by atoms with Gasteiger partial charge in [0.2, 0.25) is 0 Å². The normalized spacial score (nSPS) is 16.8. The fourth-order valence-electron chi connectivity index (χ4n) is 7.03. The van der Waals surface area contributed by atoms with Crippen molar-refractivity contribution in [2.75, 3.05) is 0 Å². The van der Waals surface area contributed by atoms with Gasteiger partial charge in [0.1, 0.15) is 23.3 Å². The minimum absolute atomic E-state index is 0.0236. The second kappa shape index (κ2) is 13.2. The molecule has 1 aromatic heterocycles. The largest absolute Gasteiger partial charge is 0.366 e. The first-order valence-electron chi connectivity index (χ1n) is 16.0. The van der Waals surface area contributed by atoms with E-state index in [1.807, 2.05) is 6.33 Å². The topological polar surface area (TPSA) is 27.1 Å². The minimum Gasteiger partial charge on any atom is -0.366 e.